The van der Waals surface area contributed by atoms with E-state index in [2.05, 4.69) is 9.72 Å². The van der Waals surface area contributed by atoms with Crippen molar-refractivity contribution in [1.29, 1.82) is 0 Å². The minimum atomic E-state index is -5.00. The van der Waals surface area contributed by atoms with Crippen LogP contribution in [0, 0.1) is 5.92 Å². The second-order valence-electron chi connectivity index (χ2n) is 4.46. The summed E-state index contributed by atoms with van der Waals surface area (Å²) in [4.78, 5) is 27.1. The lowest BCUT2D eigenvalue weighted by atomic mass is 10.1. The van der Waals surface area contributed by atoms with Gasteiger partial charge in [0.1, 0.15) is 0 Å². The number of esters is 1. The molecule has 0 N–H and O–H groups in total. The Kier molecular flexibility index (Phi) is 5.69. The minimum Gasteiger partial charge on any atom is -0.469 e. The molecular weight excluding hydrogens is 289 g/mol. The Morgan fingerprint density at radius 2 is 1.90 bits per heavy atom. The third-order valence-corrected chi connectivity index (χ3v) is 2.75. The summed E-state index contributed by atoms with van der Waals surface area (Å²) in [5.74, 6) is -3.53. The van der Waals surface area contributed by atoms with Crippen LogP contribution in [0.1, 0.15) is 12.5 Å². The summed E-state index contributed by atoms with van der Waals surface area (Å²) in [5, 5.41) is 0. The topological polar surface area (TPSA) is 59.5 Å². The summed E-state index contributed by atoms with van der Waals surface area (Å²) in [6, 6.07) is 3.00. The predicted molar refractivity (Wildman–Crippen MR) is 66.9 cm³/mol. The van der Waals surface area contributed by atoms with Crippen LogP contribution in [0.5, 0.6) is 0 Å². The minimum absolute atomic E-state index is 0.262. The zero-order chi connectivity index (χ0) is 16.0. The average molecular weight is 304 g/mol. The first-order valence-corrected chi connectivity index (χ1v) is 6.08. The van der Waals surface area contributed by atoms with Crippen LogP contribution in [0.15, 0.2) is 24.5 Å². The number of carbonyl (C=O) groups is 2. The number of pyridine rings is 1. The summed E-state index contributed by atoms with van der Waals surface area (Å²) < 4.78 is 42.3. The number of nitrogens with zero attached hydrogens (tertiary/aromatic N) is 2. The van der Waals surface area contributed by atoms with E-state index in [0.29, 0.717) is 10.5 Å². The van der Waals surface area contributed by atoms with Gasteiger partial charge in [-0.15, -0.1) is 0 Å². The van der Waals surface area contributed by atoms with E-state index in [0.717, 1.165) is 7.11 Å². The normalized spacial score (nSPS) is 12.6. The van der Waals surface area contributed by atoms with Crippen molar-refractivity contribution in [3.63, 3.8) is 0 Å². The Bertz CT molecular complexity index is 491. The molecule has 0 saturated carbocycles. The monoisotopic (exact) mass is 304 g/mol. The van der Waals surface area contributed by atoms with Gasteiger partial charge in [-0.25, -0.2) is 0 Å². The van der Waals surface area contributed by atoms with Crippen molar-refractivity contribution in [1.82, 2.24) is 9.88 Å². The third-order valence-electron chi connectivity index (χ3n) is 2.75. The van der Waals surface area contributed by atoms with E-state index in [9.17, 15) is 22.8 Å². The molecule has 0 radical (unpaired) electrons. The fraction of sp³-hybridized carbons (Fsp3) is 0.462. The zero-order valence-electron chi connectivity index (χ0n) is 11.6. The summed E-state index contributed by atoms with van der Waals surface area (Å²) in [7, 11) is 1.14. The molecule has 1 aromatic heterocycles. The first-order valence-electron chi connectivity index (χ1n) is 6.08. The van der Waals surface area contributed by atoms with Gasteiger partial charge in [0.05, 0.1) is 13.0 Å². The lowest BCUT2D eigenvalue weighted by molar-refractivity contribution is -0.187. The first kappa shape index (κ1) is 16.9. The number of ether oxygens (including phenoxy) is 1. The van der Waals surface area contributed by atoms with Crippen molar-refractivity contribution < 1.29 is 27.5 Å². The Balaban J connectivity index is 2.90. The maximum absolute atomic E-state index is 12.6. The average Bonchev–Trinajstić information content (AvgIpc) is 2.44. The predicted octanol–water partition coefficient (Wildman–Crippen LogP) is 1.78. The van der Waals surface area contributed by atoms with E-state index in [4.69, 9.17) is 0 Å². The quantitative estimate of drug-likeness (QED) is 0.778. The molecular formula is C13H15F3N2O3. The van der Waals surface area contributed by atoms with Crippen LogP contribution >= 0.6 is 0 Å². The molecule has 1 heterocycles. The van der Waals surface area contributed by atoms with Gasteiger partial charge in [0.25, 0.3) is 0 Å². The van der Waals surface area contributed by atoms with Gasteiger partial charge in [0, 0.05) is 25.5 Å². The highest BCUT2D eigenvalue weighted by atomic mass is 19.4. The van der Waals surface area contributed by atoms with Gasteiger partial charge in [-0.2, -0.15) is 13.2 Å². The lowest BCUT2D eigenvalue weighted by Gasteiger charge is -2.25. The molecule has 0 aromatic carbocycles. The van der Waals surface area contributed by atoms with Gasteiger partial charge in [0.2, 0.25) is 0 Å². The van der Waals surface area contributed by atoms with Crippen LogP contribution in [0.3, 0.4) is 0 Å². The zero-order valence-corrected chi connectivity index (χ0v) is 11.6. The van der Waals surface area contributed by atoms with Crippen LogP contribution in [0.2, 0.25) is 0 Å². The van der Waals surface area contributed by atoms with Gasteiger partial charge in [-0.05, 0) is 17.7 Å². The fourth-order valence-corrected chi connectivity index (χ4v) is 1.71. The molecule has 116 valence electrons. The number of alkyl halides is 3. The highest BCUT2D eigenvalue weighted by molar-refractivity contribution is 5.82. The summed E-state index contributed by atoms with van der Waals surface area (Å²) >= 11 is 0. The van der Waals surface area contributed by atoms with E-state index in [1.54, 1.807) is 0 Å². The Hall–Kier alpha value is -2.12. The number of carbonyl (C=O) groups excluding carboxylic acids is 2. The standard InChI is InChI=1S/C13H15F3N2O3/c1-9(11(19)21-2)7-18(12(20)13(14,15)16)8-10-3-5-17-6-4-10/h3-6,9H,7-8H2,1-2H3. The van der Waals surface area contributed by atoms with E-state index < -0.39 is 24.0 Å². The maximum Gasteiger partial charge on any atom is 0.471 e. The number of hydrogen-bond donors (Lipinski definition) is 0. The number of amides is 1. The molecule has 1 aromatic rings. The van der Waals surface area contributed by atoms with Gasteiger partial charge < -0.3 is 9.64 Å². The van der Waals surface area contributed by atoms with E-state index in [1.165, 1.54) is 31.5 Å². The smallest absolute Gasteiger partial charge is 0.469 e. The van der Waals surface area contributed by atoms with Crippen molar-refractivity contribution in [2.24, 2.45) is 5.92 Å². The van der Waals surface area contributed by atoms with E-state index in [-0.39, 0.29) is 13.1 Å². The first-order chi connectivity index (χ1) is 9.75. The number of aromatic nitrogens is 1. The maximum atomic E-state index is 12.6. The summed E-state index contributed by atoms with van der Waals surface area (Å²) in [6.07, 6.45) is -2.17. The molecule has 1 amide bonds. The second kappa shape index (κ2) is 7.05. The Morgan fingerprint density at radius 3 is 2.38 bits per heavy atom. The molecule has 0 bridgehead atoms. The van der Waals surface area contributed by atoms with Crippen molar-refractivity contribution >= 4 is 11.9 Å². The number of rotatable bonds is 5. The molecule has 5 nitrogen and oxygen atoms in total. The van der Waals surface area contributed by atoms with Crippen LogP contribution < -0.4 is 0 Å². The van der Waals surface area contributed by atoms with E-state index >= 15 is 0 Å². The van der Waals surface area contributed by atoms with Gasteiger partial charge in [-0.1, -0.05) is 6.92 Å². The third kappa shape index (κ3) is 5.05. The largest absolute Gasteiger partial charge is 0.471 e. The number of halogens is 3. The summed E-state index contributed by atoms with van der Waals surface area (Å²) in [5.41, 5.74) is 0.486. The summed E-state index contributed by atoms with van der Waals surface area (Å²) in [6.45, 7) is 0.755. The van der Waals surface area contributed by atoms with Crippen molar-refractivity contribution in [2.45, 2.75) is 19.6 Å². The highest BCUT2D eigenvalue weighted by Gasteiger charge is 2.43. The Morgan fingerprint density at radius 1 is 1.33 bits per heavy atom. The van der Waals surface area contributed by atoms with Crippen molar-refractivity contribution in [3.05, 3.63) is 30.1 Å². The molecule has 1 unspecified atom stereocenters. The van der Waals surface area contributed by atoms with Crippen molar-refractivity contribution in [3.8, 4) is 0 Å². The molecule has 8 heteroatoms. The Labute approximate surface area is 119 Å². The second-order valence-corrected chi connectivity index (χ2v) is 4.46. The molecule has 0 saturated heterocycles. The van der Waals surface area contributed by atoms with Crippen LogP contribution in [-0.4, -0.2) is 41.6 Å². The lowest BCUT2D eigenvalue weighted by Crippen LogP contribution is -2.44. The number of methoxy groups -OCH3 is 1. The van der Waals surface area contributed by atoms with Gasteiger partial charge in [-0.3, -0.25) is 14.6 Å². The van der Waals surface area contributed by atoms with E-state index in [1.807, 2.05) is 0 Å². The molecule has 21 heavy (non-hydrogen) atoms. The van der Waals surface area contributed by atoms with Crippen LogP contribution in [-0.2, 0) is 20.9 Å². The number of hydrogen-bond acceptors (Lipinski definition) is 4. The molecule has 0 fully saturated rings. The van der Waals surface area contributed by atoms with Crippen LogP contribution in [0.4, 0.5) is 13.2 Å². The van der Waals surface area contributed by atoms with Crippen molar-refractivity contribution in [2.75, 3.05) is 13.7 Å². The van der Waals surface area contributed by atoms with Gasteiger partial charge in [0.15, 0.2) is 0 Å². The molecule has 0 aliphatic heterocycles. The molecule has 1 atom stereocenters. The molecule has 0 aliphatic rings. The SMILES string of the molecule is COC(=O)C(C)CN(Cc1ccncc1)C(=O)C(F)(F)F. The fourth-order valence-electron chi connectivity index (χ4n) is 1.71. The molecule has 0 spiro atoms. The highest BCUT2D eigenvalue weighted by Crippen LogP contribution is 2.21. The molecule has 0 aliphatic carbocycles. The van der Waals surface area contributed by atoms with Gasteiger partial charge >= 0.3 is 18.1 Å². The van der Waals surface area contributed by atoms with Crippen LogP contribution in [0.25, 0.3) is 0 Å². The molecule has 1 rings (SSSR count).